The van der Waals surface area contributed by atoms with Crippen LogP contribution in [-0.2, 0) is 13.6 Å². The fraction of sp³-hybridized carbons (Fsp3) is 0.500. The van der Waals surface area contributed by atoms with Gasteiger partial charge < -0.3 is 15.2 Å². The summed E-state index contributed by atoms with van der Waals surface area (Å²) in [5.74, 6) is 0. The standard InChI is InChI=1S/C10H14N4O4/c1-13-8-7(11-5-12-8)9(17)14(10(13)18)4-2-3-6(15)16/h5-6,15-16H,2-4H2,1H3,(H,11,12). The zero-order chi connectivity index (χ0) is 13.3. The van der Waals surface area contributed by atoms with Crippen LogP contribution in [0.2, 0.25) is 0 Å². The average molecular weight is 254 g/mol. The van der Waals surface area contributed by atoms with Gasteiger partial charge in [0.2, 0.25) is 0 Å². The highest BCUT2D eigenvalue weighted by atomic mass is 16.5. The van der Waals surface area contributed by atoms with Crippen molar-refractivity contribution in [1.29, 1.82) is 0 Å². The van der Waals surface area contributed by atoms with E-state index in [0.717, 1.165) is 4.57 Å². The van der Waals surface area contributed by atoms with Crippen LogP contribution < -0.4 is 11.2 Å². The Morgan fingerprint density at radius 2 is 2.17 bits per heavy atom. The summed E-state index contributed by atoms with van der Waals surface area (Å²) in [5.41, 5.74) is -0.338. The van der Waals surface area contributed by atoms with Crippen LogP contribution in [0.3, 0.4) is 0 Å². The van der Waals surface area contributed by atoms with E-state index in [1.165, 1.54) is 17.9 Å². The SMILES string of the molecule is Cn1c(=O)n(CCCC(O)O)c(=O)c2[nH]cnc21. The van der Waals surface area contributed by atoms with E-state index in [4.69, 9.17) is 10.2 Å². The number of nitrogens with zero attached hydrogens (tertiary/aromatic N) is 3. The molecule has 0 radical (unpaired) electrons. The van der Waals surface area contributed by atoms with Crippen molar-refractivity contribution >= 4 is 11.2 Å². The summed E-state index contributed by atoms with van der Waals surface area (Å²) in [6.45, 7) is 0.137. The molecule has 2 heterocycles. The number of hydrogen-bond acceptors (Lipinski definition) is 5. The maximum Gasteiger partial charge on any atom is 0.332 e. The topological polar surface area (TPSA) is 113 Å². The second-order valence-corrected chi connectivity index (χ2v) is 4.02. The summed E-state index contributed by atoms with van der Waals surface area (Å²) in [7, 11) is 1.53. The molecule has 0 fully saturated rings. The molecule has 0 saturated heterocycles. The minimum absolute atomic E-state index is 0.108. The van der Waals surface area contributed by atoms with Gasteiger partial charge in [-0.15, -0.1) is 0 Å². The van der Waals surface area contributed by atoms with Gasteiger partial charge in [-0.2, -0.15) is 0 Å². The van der Waals surface area contributed by atoms with Crippen LogP contribution in [0.4, 0.5) is 0 Å². The summed E-state index contributed by atoms with van der Waals surface area (Å²) in [6, 6.07) is 0. The van der Waals surface area contributed by atoms with Gasteiger partial charge in [0.25, 0.3) is 5.56 Å². The Balaban J connectivity index is 2.44. The van der Waals surface area contributed by atoms with Gasteiger partial charge in [0.15, 0.2) is 11.9 Å². The molecule has 0 spiro atoms. The summed E-state index contributed by atoms with van der Waals surface area (Å²) in [4.78, 5) is 30.5. The first-order valence-corrected chi connectivity index (χ1v) is 5.51. The molecule has 3 N–H and O–H groups in total. The summed E-state index contributed by atoms with van der Waals surface area (Å²) in [6.07, 6.45) is 0.358. The molecule has 0 saturated carbocycles. The Labute approximate surface area is 101 Å². The zero-order valence-corrected chi connectivity index (χ0v) is 9.83. The normalized spacial score (nSPS) is 11.6. The maximum atomic E-state index is 12.0. The fourth-order valence-corrected chi connectivity index (χ4v) is 1.82. The predicted octanol–water partition coefficient (Wildman–Crippen LogP) is -1.49. The van der Waals surface area contributed by atoms with E-state index in [0.29, 0.717) is 12.1 Å². The quantitative estimate of drug-likeness (QED) is 0.575. The van der Waals surface area contributed by atoms with Gasteiger partial charge in [0.05, 0.1) is 6.33 Å². The fourth-order valence-electron chi connectivity index (χ4n) is 1.82. The number of aromatic nitrogens is 4. The van der Waals surface area contributed by atoms with E-state index < -0.39 is 17.5 Å². The third kappa shape index (κ3) is 2.07. The lowest BCUT2D eigenvalue weighted by Gasteiger charge is -2.08. The molecule has 8 nitrogen and oxygen atoms in total. The van der Waals surface area contributed by atoms with E-state index in [9.17, 15) is 9.59 Å². The van der Waals surface area contributed by atoms with Gasteiger partial charge in [-0.25, -0.2) is 9.78 Å². The monoisotopic (exact) mass is 254 g/mol. The van der Waals surface area contributed by atoms with Gasteiger partial charge in [-0.1, -0.05) is 0 Å². The Morgan fingerprint density at radius 3 is 2.83 bits per heavy atom. The minimum atomic E-state index is -1.43. The number of imidazole rings is 1. The van der Waals surface area contributed by atoms with Gasteiger partial charge in [0, 0.05) is 13.6 Å². The van der Waals surface area contributed by atoms with Crippen molar-refractivity contribution in [2.24, 2.45) is 7.05 Å². The van der Waals surface area contributed by atoms with E-state index >= 15 is 0 Å². The first-order valence-electron chi connectivity index (χ1n) is 5.51. The molecule has 18 heavy (non-hydrogen) atoms. The van der Waals surface area contributed by atoms with Crippen LogP contribution in [0, 0.1) is 0 Å². The highest BCUT2D eigenvalue weighted by molar-refractivity contribution is 5.68. The molecule has 0 atom stereocenters. The third-order valence-electron chi connectivity index (χ3n) is 2.76. The van der Waals surface area contributed by atoms with E-state index in [1.807, 2.05) is 0 Å². The molecule has 2 rings (SSSR count). The van der Waals surface area contributed by atoms with Crippen LogP contribution in [0.15, 0.2) is 15.9 Å². The molecule has 0 aliphatic rings. The lowest BCUT2D eigenvalue weighted by atomic mass is 10.3. The lowest BCUT2D eigenvalue weighted by molar-refractivity contribution is -0.0469. The minimum Gasteiger partial charge on any atom is -0.368 e. The van der Waals surface area contributed by atoms with Crippen LogP contribution in [0.1, 0.15) is 12.8 Å². The van der Waals surface area contributed by atoms with Crippen LogP contribution in [-0.4, -0.2) is 35.6 Å². The second kappa shape index (κ2) is 4.75. The molecule has 0 aliphatic carbocycles. The lowest BCUT2D eigenvalue weighted by Crippen LogP contribution is -2.39. The van der Waals surface area contributed by atoms with Crippen molar-refractivity contribution in [1.82, 2.24) is 19.1 Å². The highest BCUT2D eigenvalue weighted by Gasteiger charge is 2.12. The van der Waals surface area contributed by atoms with Crippen LogP contribution >= 0.6 is 0 Å². The maximum absolute atomic E-state index is 12.0. The smallest absolute Gasteiger partial charge is 0.332 e. The van der Waals surface area contributed by atoms with Crippen LogP contribution in [0.5, 0.6) is 0 Å². The average Bonchev–Trinajstić information content (AvgIpc) is 2.79. The highest BCUT2D eigenvalue weighted by Crippen LogP contribution is 2.00. The number of aliphatic hydroxyl groups excluding tert-OH is 1. The first kappa shape index (κ1) is 12.5. The Bertz CT molecular complexity index is 667. The first-order chi connectivity index (χ1) is 8.52. The molecule has 2 aromatic rings. The number of aliphatic hydroxyl groups is 2. The van der Waals surface area contributed by atoms with E-state index in [2.05, 4.69) is 9.97 Å². The number of aryl methyl sites for hydroxylation is 1. The van der Waals surface area contributed by atoms with Crippen molar-refractivity contribution in [3.63, 3.8) is 0 Å². The number of H-pyrrole nitrogens is 1. The summed E-state index contributed by atoms with van der Waals surface area (Å²) >= 11 is 0. The van der Waals surface area contributed by atoms with E-state index in [1.54, 1.807) is 0 Å². The van der Waals surface area contributed by atoms with Gasteiger partial charge in [0.1, 0.15) is 5.52 Å². The number of fused-ring (bicyclic) bond motifs is 1. The van der Waals surface area contributed by atoms with Gasteiger partial charge in [-0.05, 0) is 12.8 Å². The number of nitrogens with one attached hydrogen (secondary N) is 1. The third-order valence-corrected chi connectivity index (χ3v) is 2.76. The van der Waals surface area contributed by atoms with Crippen LogP contribution in [0.25, 0.3) is 11.2 Å². The Morgan fingerprint density at radius 1 is 1.44 bits per heavy atom. The second-order valence-electron chi connectivity index (χ2n) is 4.02. The number of rotatable bonds is 4. The molecular weight excluding hydrogens is 240 g/mol. The number of aromatic amines is 1. The molecule has 0 unspecified atom stereocenters. The Hall–Kier alpha value is -1.93. The molecule has 2 aromatic heterocycles. The van der Waals surface area contributed by atoms with E-state index in [-0.39, 0.29) is 18.5 Å². The van der Waals surface area contributed by atoms with Crippen molar-refractivity contribution in [3.05, 3.63) is 27.2 Å². The summed E-state index contributed by atoms with van der Waals surface area (Å²) in [5, 5.41) is 17.5. The van der Waals surface area contributed by atoms with Crippen molar-refractivity contribution < 1.29 is 10.2 Å². The molecule has 0 aromatic carbocycles. The van der Waals surface area contributed by atoms with Crippen molar-refractivity contribution in [3.8, 4) is 0 Å². The molecule has 8 heteroatoms. The predicted molar refractivity (Wildman–Crippen MR) is 63.1 cm³/mol. The van der Waals surface area contributed by atoms with Gasteiger partial charge >= 0.3 is 5.69 Å². The molecule has 0 amide bonds. The zero-order valence-electron chi connectivity index (χ0n) is 9.83. The number of hydrogen-bond donors (Lipinski definition) is 3. The van der Waals surface area contributed by atoms with Crippen molar-refractivity contribution in [2.45, 2.75) is 25.7 Å². The largest absolute Gasteiger partial charge is 0.368 e. The molecule has 0 bridgehead atoms. The molecular formula is C10H14N4O4. The molecule has 0 aliphatic heterocycles. The van der Waals surface area contributed by atoms with Gasteiger partial charge in [-0.3, -0.25) is 13.9 Å². The van der Waals surface area contributed by atoms with Crippen molar-refractivity contribution in [2.75, 3.05) is 0 Å². The molecule has 98 valence electrons. The Kier molecular flexibility index (Phi) is 3.30. The summed E-state index contributed by atoms with van der Waals surface area (Å²) < 4.78 is 2.34.